The van der Waals surface area contributed by atoms with E-state index in [4.69, 9.17) is 9.47 Å². The van der Waals surface area contributed by atoms with Crippen LogP contribution in [0, 0.1) is 6.92 Å². The van der Waals surface area contributed by atoms with Gasteiger partial charge in [0.2, 0.25) is 0 Å². The Bertz CT molecular complexity index is 385. The highest BCUT2D eigenvalue weighted by atomic mass is 16.6. The smallest absolute Gasteiger partial charge is 0.407 e. The first-order chi connectivity index (χ1) is 8.37. The number of carbonyl (C=O) groups is 1. The van der Waals surface area contributed by atoms with Gasteiger partial charge in [0, 0.05) is 0 Å². The molecule has 0 aliphatic heterocycles. The minimum Gasteiger partial charge on any atom is -0.489 e. The molecule has 0 radical (unpaired) electrons. The number of ether oxygens (including phenoxy) is 2. The molecule has 6 nitrogen and oxygen atoms in total. The van der Waals surface area contributed by atoms with Crippen molar-refractivity contribution in [2.45, 2.75) is 33.3 Å². The Labute approximate surface area is 107 Å². The molecule has 1 N–H and O–H groups in total. The molecule has 6 heteroatoms. The number of aryl methyl sites for hydroxylation is 1. The van der Waals surface area contributed by atoms with E-state index in [9.17, 15) is 4.79 Å². The number of amides is 1. The highest BCUT2D eigenvalue weighted by Crippen LogP contribution is 2.07. The quantitative estimate of drug-likeness (QED) is 0.826. The summed E-state index contributed by atoms with van der Waals surface area (Å²) < 4.78 is 10.4. The van der Waals surface area contributed by atoms with Gasteiger partial charge in [0.15, 0.2) is 5.75 Å². The molecule has 0 fully saturated rings. The lowest BCUT2D eigenvalue weighted by Crippen LogP contribution is -2.34. The summed E-state index contributed by atoms with van der Waals surface area (Å²) >= 11 is 0. The van der Waals surface area contributed by atoms with Crippen molar-refractivity contribution in [3.8, 4) is 5.75 Å². The maximum Gasteiger partial charge on any atom is 0.407 e. The second-order valence-corrected chi connectivity index (χ2v) is 4.74. The predicted octanol–water partition coefficient (Wildman–Crippen LogP) is 1.69. The van der Waals surface area contributed by atoms with Gasteiger partial charge in [0.25, 0.3) is 0 Å². The van der Waals surface area contributed by atoms with Gasteiger partial charge in [-0.15, -0.1) is 0 Å². The molecule has 1 aromatic heterocycles. The fourth-order valence-corrected chi connectivity index (χ4v) is 1.09. The molecule has 0 aromatic carbocycles. The normalized spacial score (nSPS) is 10.9. The first-order valence-electron chi connectivity index (χ1n) is 5.75. The van der Waals surface area contributed by atoms with Crippen LogP contribution < -0.4 is 10.1 Å². The average Bonchev–Trinajstić information content (AvgIpc) is 2.24. The molecule has 1 heterocycles. The lowest BCUT2D eigenvalue weighted by molar-refractivity contribution is 0.0520. The van der Waals surface area contributed by atoms with Crippen LogP contribution in [-0.2, 0) is 4.74 Å². The Balaban J connectivity index is 2.19. The van der Waals surface area contributed by atoms with Crippen LogP contribution in [0.5, 0.6) is 5.75 Å². The zero-order valence-corrected chi connectivity index (χ0v) is 11.2. The van der Waals surface area contributed by atoms with Crippen molar-refractivity contribution in [2.24, 2.45) is 0 Å². The molecule has 0 saturated carbocycles. The fraction of sp³-hybridized carbons (Fsp3) is 0.583. The van der Waals surface area contributed by atoms with Gasteiger partial charge in [-0.25, -0.2) is 14.8 Å². The molecule has 0 unspecified atom stereocenters. The molecule has 0 atom stereocenters. The van der Waals surface area contributed by atoms with Crippen molar-refractivity contribution in [1.29, 1.82) is 0 Å². The molecule has 1 aromatic rings. The van der Waals surface area contributed by atoms with Gasteiger partial charge >= 0.3 is 6.09 Å². The van der Waals surface area contributed by atoms with E-state index in [2.05, 4.69) is 15.3 Å². The van der Waals surface area contributed by atoms with Gasteiger partial charge in [-0.05, 0) is 27.7 Å². The molecule has 0 aliphatic rings. The Morgan fingerprint density at radius 2 is 1.94 bits per heavy atom. The van der Waals surface area contributed by atoms with E-state index in [-0.39, 0.29) is 0 Å². The highest BCUT2D eigenvalue weighted by Gasteiger charge is 2.15. The van der Waals surface area contributed by atoms with Crippen LogP contribution in [0.25, 0.3) is 0 Å². The van der Waals surface area contributed by atoms with Crippen molar-refractivity contribution in [3.05, 3.63) is 18.2 Å². The van der Waals surface area contributed by atoms with Crippen molar-refractivity contribution in [2.75, 3.05) is 13.2 Å². The van der Waals surface area contributed by atoms with Gasteiger partial charge in [0.05, 0.1) is 18.9 Å². The summed E-state index contributed by atoms with van der Waals surface area (Å²) in [5.74, 6) is 1.26. The molecule has 100 valence electrons. The molecular weight excluding hydrogens is 234 g/mol. The molecule has 0 saturated heterocycles. The van der Waals surface area contributed by atoms with Crippen LogP contribution in [0.1, 0.15) is 26.6 Å². The van der Waals surface area contributed by atoms with Crippen LogP contribution in [0.15, 0.2) is 12.4 Å². The summed E-state index contributed by atoms with van der Waals surface area (Å²) in [6, 6.07) is 0. The predicted molar refractivity (Wildman–Crippen MR) is 66.5 cm³/mol. The number of nitrogens with zero attached hydrogens (tertiary/aromatic N) is 2. The van der Waals surface area contributed by atoms with Gasteiger partial charge in [-0.2, -0.15) is 0 Å². The van der Waals surface area contributed by atoms with Crippen molar-refractivity contribution in [1.82, 2.24) is 15.3 Å². The fourth-order valence-electron chi connectivity index (χ4n) is 1.09. The van der Waals surface area contributed by atoms with E-state index in [0.29, 0.717) is 24.7 Å². The Morgan fingerprint density at radius 3 is 2.50 bits per heavy atom. The van der Waals surface area contributed by atoms with Crippen molar-refractivity contribution >= 4 is 6.09 Å². The van der Waals surface area contributed by atoms with Crippen LogP contribution in [0.4, 0.5) is 4.79 Å². The summed E-state index contributed by atoms with van der Waals surface area (Å²) in [5, 5.41) is 2.59. The maximum atomic E-state index is 11.3. The van der Waals surface area contributed by atoms with E-state index in [1.54, 1.807) is 19.3 Å². The molecule has 0 aliphatic carbocycles. The first-order valence-corrected chi connectivity index (χ1v) is 5.75. The third-order valence-electron chi connectivity index (χ3n) is 1.80. The second kappa shape index (κ2) is 6.18. The minimum atomic E-state index is -0.490. The van der Waals surface area contributed by atoms with E-state index < -0.39 is 11.7 Å². The third-order valence-corrected chi connectivity index (χ3v) is 1.80. The number of hydrogen-bond donors (Lipinski definition) is 1. The molecule has 1 rings (SSSR count). The second-order valence-electron chi connectivity index (χ2n) is 4.74. The molecule has 0 spiro atoms. The molecule has 1 amide bonds. The van der Waals surface area contributed by atoms with Crippen molar-refractivity contribution in [3.63, 3.8) is 0 Å². The summed E-state index contributed by atoms with van der Waals surface area (Å²) in [6.45, 7) is 7.94. The molecule has 0 bridgehead atoms. The average molecular weight is 253 g/mol. The van der Waals surface area contributed by atoms with Crippen molar-refractivity contribution < 1.29 is 14.3 Å². The number of rotatable bonds is 4. The summed E-state index contributed by atoms with van der Waals surface area (Å²) in [4.78, 5) is 19.3. The van der Waals surface area contributed by atoms with Crippen LogP contribution in [0.3, 0.4) is 0 Å². The number of aromatic nitrogens is 2. The number of carbonyl (C=O) groups excluding carboxylic acids is 1. The van der Waals surface area contributed by atoms with Gasteiger partial charge in [-0.1, -0.05) is 0 Å². The monoisotopic (exact) mass is 253 g/mol. The minimum absolute atomic E-state index is 0.339. The number of alkyl carbamates (subject to hydrolysis) is 1. The van der Waals surface area contributed by atoms with Gasteiger partial charge in [0.1, 0.15) is 18.0 Å². The number of hydrogen-bond acceptors (Lipinski definition) is 5. The van der Waals surface area contributed by atoms with Gasteiger partial charge in [-0.3, -0.25) is 0 Å². The van der Waals surface area contributed by atoms with E-state index in [0.717, 1.165) is 0 Å². The van der Waals surface area contributed by atoms with E-state index in [1.807, 2.05) is 20.8 Å². The zero-order chi connectivity index (χ0) is 13.6. The third kappa shape index (κ3) is 6.03. The Kier molecular flexibility index (Phi) is 4.88. The lowest BCUT2D eigenvalue weighted by atomic mass is 10.2. The molecule has 18 heavy (non-hydrogen) atoms. The van der Waals surface area contributed by atoms with Crippen LogP contribution in [0.2, 0.25) is 0 Å². The number of nitrogens with one attached hydrogen (secondary N) is 1. The summed E-state index contributed by atoms with van der Waals surface area (Å²) in [7, 11) is 0. The maximum absolute atomic E-state index is 11.3. The highest BCUT2D eigenvalue weighted by molar-refractivity contribution is 5.67. The van der Waals surface area contributed by atoms with E-state index in [1.165, 1.54) is 0 Å². The SMILES string of the molecule is Cc1ncc(OCCNC(=O)OC(C)(C)C)cn1. The largest absolute Gasteiger partial charge is 0.489 e. The van der Waals surface area contributed by atoms with E-state index >= 15 is 0 Å². The Morgan fingerprint density at radius 1 is 1.33 bits per heavy atom. The first kappa shape index (κ1) is 14.2. The summed E-state index contributed by atoms with van der Waals surface area (Å²) in [5.41, 5.74) is -0.490. The standard InChI is InChI=1S/C12H19N3O3/c1-9-14-7-10(8-15-9)17-6-5-13-11(16)18-12(2,3)4/h7-8H,5-6H2,1-4H3,(H,13,16). The van der Waals surface area contributed by atoms with Crippen LogP contribution in [-0.4, -0.2) is 34.8 Å². The summed E-state index contributed by atoms with van der Waals surface area (Å²) in [6.07, 6.45) is 2.73. The Hall–Kier alpha value is -1.85. The lowest BCUT2D eigenvalue weighted by Gasteiger charge is -2.19. The zero-order valence-electron chi connectivity index (χ0n) is 11.2. The van der Waals surface area contributed by atoms with Crippen LogP contribution >= 0.6 is 0 Å². The topological polar surface area (TPSA) is 73.3 Å². The van der Waals surface area contributed by atoms with Gasteiger partial charge < -0.3 is 14.8 Å². The molecular formula is C12H19N3O3.